The molecule has 2 aliphatic rings. The zero-order valence-corrected chi connectivity index (χ0v) is 21.4. The predicted octanol–water partition coefficient (Wildman–Crippen LogP) is 3.26. The number of thiophene rings is 1. The average molecular weight is 522 g/mol. The van der Waals surface area contributed by atoms with E-state index in [1.807, 2.05) is 12.1 Å². The van der Waals surface area contributed by atoms with Crippen LogP contribution in [0.5, 0.6) is 0 Å². The van der Waals surface area contributed by atoms with Gasteiger partial charge in [-0.15, -0.1) is 0 Å². The van der Waals surface area contributed by atoms with Crippen LogP contribution in [0.4, 0.5) is 16.4 Å². The van der Waals surface area contributed by atoms with Gasteiger partial charge in [-0.05, 0) is 0 Å². The number of benzene rings is 2. The Kier molecular flexibility index (Phi) is 5.06. The number of amidine groups is 1. The summed E-state index contributed by atoms with van der Waals surface area (Å²) in [5.41, 5.74) is 2.47. The number of carbonyl (C=O) groups is 2. The molecule has 3 heterocycles. The van der Waals surface area contributed by atoms with Gasteiger partial charge < -0.3 is 0 Å². The van der Waals surface area contributed by atoms with Crippen molar-refractivity contribution in [2.75, 3.05) is 11.9 Å². The van der Waals surface area contributed by atoms with Crippen molar-refractivity contribution in [3.63, 3.8) is 0 Å². The molecule has 0 N–H and O–H groups in total. The van der Waals surface area contributed by atoms with Gasteiger partial charge in [-0.3, -0.25) is 0 Å². The van der Waals surface area contributed by atoms with E-state index < -0.39 is 14.0 Å². The summed E-state index contributed by atoms with van der Waals surface area (Å²) in [6.07, 6.45) is 1.64. The number of hydrogen-bond donors (Lipinski definition) is 0. The number of aliphatic imine (C=N–C) groups is 1. The van der Waals surface area contributed by atoms with Crippen LogP contribution >= 0.6 is 11.3 Å². The predicted molar refractivity (Wildman–Crippen MR) is 135 cm³/mol. The third-order valence-electron chi connectivity index (χ3n) is 6.01. The van der Waals surface area contributed by atoms with Crippen LogP contribution in [-0.4, -0.2) is 52.6 Å². The van der Waals surface area contributed by atoms with E-state index in [0.29, 0.717) is 0 Å². The van der Waals surface area contributed by atoms with Crippen LogP contribution in [-0.2, 0) is 9.59 Å². The van der Waals surface area contributed by atoms with Crippen molar-refractivity contribution in [3.8, 4) is 0 Å². The van der Waals surface area contributed by atoms with E-state index in [1.165, 1.54) is 26.6 Å². The summed E-state index contributed by atoms with van der Waals surface area (Å²) < 4.78 is 0.289. The Labute approximate surface area is 199 Å². The number of nitrogens with zero attached hydrogens (tertiary/aromatic N) is 3. The molecule has 5 nitrogen and oxygen atoms in total. The quantitative estimate of drug-likeness (QED) is 0.296. The Morgan fingerprint density at radius 2 is 1.53 bits per heavy atom. The summed E-state index contributed by atoms with van der Waals surface area (Å²) in [7, 11) is -0.227. The van der Waals surface area contributed by atoms with Crippen LogP contribution < -0.4 is 15.3 Å². The summed E-state index contributed by atoms with van der Waals surface area (Å²) in [6.45, 7) is 4.78. The topological polar surface area (TPSA) is 53.0 Å². The fourth-order valence-corrected chi connectivity index (χ4v) is 8.61. The van der Waals surface area contributed by atoms with Gasteiger partial charge >= 0.3 is 175 Å². The third kappa shape index (κ3) is 3.22. The zero-order chi connectivity index (χ0) is 22.6. The molecule has 0 unspecified atom stereocenters. The third-order valence-corrected chi connectivity index (χ3v) is 11.3. The summed E-state index contributed by atoms with van der Waals surface area (Å²) in [5, 5.41) is 3.83. The second kappa shape index (κ2) is 7.67. The van der Waals surface area contributed by atoms with E-state index in [-0.39, 0.29) is 16.2 Å². The Morgan fingerprint density at radius 1 is 0.938 bits per heavy atom. The molecular formula is C24H20N3O2SSeSi. The second-order valence-corrected chi connectivity index (χ2v) is 14.5. The SMILES string of the molecule is CN1C(=O)/C(=C/c2ccc(N3c4ccccc4[Si](C)(C)c4ccccc43)s2)C(=O)N=C1[Se]. The molecule has 2 aromatic carbocycles. The number of likely N-dealkylation sites (N-methyl/N-ethyl adjacent to an activating group) is 1. The van der Waals surface area contributed by atoms with Gasteiger partial charge in [0.1, 0.15) is 0 Å². The van der Waals surface area contributed by atoms with Gasteiger partial charge in [-0.2, -0.15) is 0 Å². The van der Waals surface area contributed by atoms with Crippen molar-refractivity contribution in [1.29, 1.82) is 0 Å². The van der Waals surface area contributed by atoms with Crippen LogP contribution in [0.1, 0.15) is 4.88 Å². The van der Waals surface area contributed by atoms with Gasteiger partial charge in [0.25, 0.3) is 0 Å². The Balaban J connectivity index is 1.61. The molecule has 1 aromatic heterocycles. The first-order chi connectivity index (χ1) is 15.3. The molecule has 5 rings (SSSR count). The van der Waals surface area contributed by atoms with Crippen LogP contribution in [0, 0.1) is 0 Å². The maximum atomic E-state index is 12.6. The molecule has 1 radical (unpaired) electrons. The van der Waals surface area contributed by atoms with Gasteiger partial charge in [0.2, 0.25) is 0 Å². The van der Waals surface area contributed by atoms with Crippen LogP contribution in [0.2, 0.25) is 13.1 Å². The Morgan fingerprint density at radius 3 is 2.16 bits per heavy atom. The van der Waals surface area contributed by atoms with Crippen molar-refractivity contribution in [2.45, 2.75) is 13.1 Å². The molecule has 2 aliphatic heterocycles. The molecule has 0 bridgehead atoms. The Bertz CT molecular complexity index is 1290. The van der Waals surface area contributed by atoms with Crippen LogP contribution in [0.25, 0.3) is 6.08 Å². The van der Waals surface area contributed by atoms with Crippen molar-refractivity contribution in [2.24, 2.45) is 4.99 Å². The standard InChI is InChI=1S/C24H20N3O2SSeSi/c1-26-23(29)16(22(28)25-24(26)31)14-15-12-13-21(30-15)27-17-8-4-6-10-19(17)32(2,3)20-11-7-5-9-18(20)27/h4-14H,1-3H3/b16-14+. The number of rotatable bonds is 2. The van der Waals surface area contributed by atoms with E-state index in [0.717, 1.165) is 9.88 Å². The molecular weight excluding hydrogens is 501 g/mol. The molecule has 0 saturated carbocycles. The van der Waals surface area contributed by atoms with Gasteiger partial charge in [0.05, 0.1) is 0 Å². The first-order valence-corrected chi connectivity index (χ1v) is 14.8. The Hall–Kier alpha value is -2.77. The van der Waals surface area contributed by atoms with Gasteiger partial charge in [0.15, 0.2) is 0 Å². The summed E-state index contributed by atoms with van der Waals surface area (Å²) in [5.74, 6) is -0.867. The molecule has 0 fully saturated rings. The molecule has 0 saturated heterocycles. The molecule has 8 heteroatoms. The van der Waals surface area contributed by atoms with Crippen molar-refractivity contribution >= 4 is 84.8 Å². The fourth-order valence-electron chi connectivity index (χ4n) is 4.29. The van der Waals surface area contributed by atoms with Gasteiger partial charge in [0, 0.05) is 0 Å². The second-order valence-electron chi connectivity index (χ2n) is 8.29. The number of hydrogen-bond acceptors (Lipinski definition) is 4. The molecule has 3 aromatic rings. The van der Waals surface area contributed by atoms with Gasteiger partial charge in [-0.1, -0.05) is 25.2 Å². The number of para-hydroxylation sites is 2. The normalized spacial score (nSPS) is 18.5. The van der Waals surface area contributed by atoms with E-state index in [1.54, 1.807) is 24.5 Å². The van der Waals surface area contributed by atoms with E-state index in [4.69, 9.17) is 0 Å². The minimum atomic E-state index is -1.83. The number of anilines is 3. The minimum absolute atomic E-state index is 0.0767. The molecule has 2 amide bonds. The average Bonchev–Trinajstić information content (AvgIpc) is 3.24. The number of fused-ring (bicyclic) bond motifs is 2. The van der Waals surface area contributed by atoms with Crippen LogP contribution in [0.3, 0.4) is 0 Å². The van der Waals surface area contributed by atoms with Crippen molar-refractivity contribution < 1.29 is 9.59 Å². The summed E-state index contributed by atoms with van der Waals surface area (Å²) >= 11 is 4.20. The molecule has 0 atom stereocenters. The first-order valence-electron chi connectivity index (χ1n) is 10.2. The van der Waals surface area contributed by atoms with Crippen LogP contribution in [0.15, 0.2) is 71.2 Å². The van der Waals surface area contributed by atoms with Crippen molar-refractivity contribution in [3.05, 3.63) is 71.1 Å². The van der Waals surface area contributed by atoms with E-state index in [2.05, 4.69) is 87.5 Å². The fraction of sp³-hybridized carbons (Fsp3) is 0.125. The molecule has 0 spiro atoms. The zero-order valence-electron chi connectivity index (χ0n) is 17.8. The number of amides is 2. The first kappa shape index (κ1) is 21.1. The summed E-state index contributed by atoms with van der Waals surface area (Å²) in [6, 6.07) is 21.2. The monoisotopic (exact) mass is 522 g/mol. The molecule has 159 valence electrons. The summed E-state index contributed by atoms with van der Waals surface area (Å²) in [4.78, 5) is 33.3. The molecule has 0 aliphatic carbocycles. The van der Waals surface area contributed by atoms with Gasteiger partial charge in [-0.25, -0.2) is 0 Å². The molecule has 32 heavy (non-hydrogen) atoms. The maximum absolute atomic E-state index is 12.6. The van der Waals surface area contributed by atoms with Crippen molar-refractivity contribution in [1.82, 2.24) is 4.90 Å². The number of carbonyl (C=O) groups excluding carboxylic acids is 2. The van der Waals surface area contributed by atoms with E-state index >= 15 is 0 Å². The van der Waals surface area contributed by atoms with E-state index in [9.17, 15) is 9.59 Å².